The van der Waals surface area contributed by atoms with Crippen molar-refractivity contribution in [1.29, 1.82) is 0 Å². The molecule has 8 heteroatoms. The van der Waals surface area contributed by atoms with Crippen LogP contribution in [0, 0.1) is 10.1 Å². The topological polar surface area (TPSA) is 105 Å². The van der Waals surface area contributed by atoms with Crippen LogP contribution in [0.5, 0.6) is 0 Å². The molecule has 2 aromatic carbocycles. The minimum absolute atomic E-state index is 0.0250. The monoisotopic (exact) mass is 385 g/mol. The van der Waals surface area contributed by atoms with Crippen molar-refractivity contribution >= 4 is 21.5 Å². The standard InChI is InChI=1S/C19H19N3O4S/c1-2-4-14-7-9-18(10-8-14)27(25,26)21-19-12-16(13-20-19)15-5-3-6-17(11-15)22(23)24/h3,5-13,20-21H,2,4H2,1H3. The summed E-state index contributed by atoms with van der Waals surface area (Å²) < 4.78 is 27.6. The first-order valence-electron chi connectivity index (χ1n) is 8.44. The molecule has 0 aliphatic heterocycles. The van der Waals surface area contributed by atoms with E-state index in [0.717, 1.165) is 18.4 Å². The van der Waals surface area contributed by atoms with Crippen molar-refractivity contribution in [3.8, 4) is 11.1 Å². The summed E-state index contributed by atoms with van der Waals surface area (Å²) in [6.45, 7) is 2.07. The highest BCUT2D eigenvalue weighted by Crippen LogP contribution is 2.27. The van der Waals surface area contributed by atoms with Crippen LogP contribution < -0.4 is 4.72 Å². The van der Waals surface area contributed by atoms with Gasteiger partial charge in [-0.25, -0.2) is 8.42 Å². The predicted molar refractivity (Wildman–Crippen MR) is 104 cm³/mol. The molecule has 1 heterocycles. The van der Waals surface area contributed by atoms with Gasteiger partial charge in [0, 0.05) is 23.9 Å². The zero-order chi connectivity index (χ0) is 19.4. The molecule has 0 aliphatic carbocycles. The average Bonchev–Trinajstić information content (AvgIpc) is 3.10. The molecule has 0 fully saturated rings. The maximum Gasteiger partial charge on any atom is 0.270 e. The quantitative estimate of drug-likeness (QED) is 0.466. The van der Waals surface area contributed by atoms with Crippen LogP contribution in [-0.4, -0.2) is 18.3 Å². The highest BCUT2D eigenvalue weighted by Gasteiger charge is 2.16. The summed E-state index contributed by atoms with van der Waals surface area (Å²) >= 11 is 0. The SMILES string of the molecule is CCCc1ccc(S(=O)(=O)Nc2cc(-c3cccc([N+](=O)[O-])c3)c[nH]2)cc1. The van der Waals surface area contributed by atoms with E-state index >= 15 is 0 Å². The van der Waals surface area contributed by atoms with Crippen LogP contribution >= 0.6 is 0 Å². The van der Waals surface area contributed by atoms with Gasteiger partial charge in [-0.05, 0) is 35.7 Å². The van der Waals surface area contributed by atoms with Crippen LogP contribution in [0.2, 0.25) is 0 Å². The molecule has 0 saturated carbocycles. The number of aromatic amines is 1. The van der Waals surface area contributed by atoms with Gasteiger partial charge in [0.05, 0.1) is 9.82 Å². The molecular weight excluding hydrogens is 366 g/mol. The summed E-state index contributed by atoms with van der Waals surface area (Å²) in [4.78, 5) is 13.5. The molecule has 3 aromatic rings. The number of non-ortho nitro benzene ring substituents is 1. The van der Waals surface area contributed by atoms with E-state index < -0.39 is 14.9 Å². The van der Waals surface area contributed by atoms with Gasteiger partial charge >= 0.3 is 0 Å². The number of sulfonamides is 1. The molecule has 0 atom stereocenters. The van der Waals surface area contributed by atoms with E-state index in [1.165, 1.54) is 12.1 Å². The number of hydrogen-bond acceptors (Lipinski definition) is 4. The first-order valence-corrected chi connectivity index (χ1v) is 9.92. The molecule has 0 amide bonds. The van der Waals surface area contributed by atoms with E-state index in [1.807, 2.05) is 0 Å². The van der Waals surface area contributed by atoms with Gasteiger partial charge in [-0.15, -0.1) is 0 Å². The number of nitro benzene ring substituents is 1. The van der Waals surface area contributed by atoms with Crippen molar-refractivity contribution in [1.82, 2.24) is 4.98 Å². The molecule has 0 radical (unpaired) electrons. The maximum absolute atomic E-state index is 12.5. The van der Waals surface area contributed by atoms with Crippen molar-refractivity contribution in [3.05, 3.63) is 76.5 Å². The fourth-order valence-electron chi connectivity index (χ4n) is 2.75. The molecule has 0 spiro atoms. The number of aromatic nitrogens is 1. The first kappa shape index (κ1) is 18.7. The Kier molecular flexibility index (Phi) is 5.27. The Morgan fingerprint density at radius 1 is 1.07 bits per heavy atom. The number of nitro groups is 1. The summed E-state index contributed by atoms with van der Waals surface area (Å²) in [6.07, 6.45) is 3.49. The molecular formula is C19H19N3O4S. The van der Waals surface area contributed by atoms with Gasteiger partial charge in [-0.1, -0.05) is 37.6 Å². The van der Waals surface area contributed by atoms with E-state index in [0.29, 0.717) is 11.1 Å². The van der Waals surface area contributed by atoms with E-state index in [-0.39, 0.29) is 16.4 Å². The average molecular weight is 385 g/mol. The van der Waals surface area contributed by atoms with Gasteiger partial charge < -0.3 is 4.98 Å². The molecule has 2 N–H and O–H groups in total. The van der Waals surface area contributed by atoms with Gasteiger partial charge in [0.25, 0.3) is 15.7 Å². The maximum atomic E-state index is 12.5. The van der Waals surface area contributed by atoms with Gasteiger partial charge in [-0.2, -0.15) is 0 Å². The molecule has 7 nitrogen and oxygen atoms in total. The Balaban J connectivity index is 1.80. The highest BCUT2D eigenvalue weighted by atomic mass is 32.2. The Hall–Kier alpha value is -3.13. The summed E-state index contributed by atoms with van der Waals surface area (Å²) in [6, 6.07) is 14.5. The van der Waals surface area contributed by atoms with E-state index in [2.05, 4.69) is 16.6 Å². The van der Waals surface area contributed by atoms with Crippen molar-refractivity contribution in [2.45, 2.75) is 24.7 Å². The molecule has 27 heavy (non-hydrogen) atoms. The van der Waals surface area contributed by atoms with E-state index in [1.54, 1.807) is 48.7 Å². The Morgan fingerprint density at radius 3 is 2.48 bits per heavy atom. The number of nitrogens with one attached hydrogen (secondary N) is 2. The Morgan fingerprint density at radius 2 is 1.81 bits per heavy atom. The lowest BCUT2D eigenvalue weighted by Crippen LogP contribution is -2.13. The minimum atomic E-state index is -3.72. The Labute approximate surface area is 157 Å². The largest absolute Gasteiger partial charge is 0.347 e. The number of H-pyrrole nitrogens is 1. The van der Waals surface area contributed by atoms with Crippen LogP contribution in [0.4, 0.5) is 11.5 Å². The van der Waals surface area contributed by atoms with Crippen molar-refractivity contribution in [2.24, 2.45) is 0 Å². The number of hydrogen-bond donors (Lipinski definition) is 2. The van der Waals surface area contributed by atoms with E-state index in [9.17, 15) is 18.5 Å². The molecule has 1 aromatic heterocycles. The number of aryl methyl sites for hydroxylation is 1. The lowest BCUT2D eigenvalue weighted by Gasteiger charge is -2.07. The molecule has 0 unspecified atom stereocenters. The normalized spacial score (nSPS) is 11.3. The molecule has 140 valence electrons. The third-order valence-corrected chi connectivity index (χ3v) is 5.47. The van der Waals surface area contributed by atoms with Crippen LogP contribution in [0.15, 0.2) is 65.7 Å². The second kappa shape index (κ2) is 7.63. The smallest absolute Gasteiger partial charge is 0.270 e. The van der Waals surface area contributed by atoms with Gasteiger partial charge in [0.15, 0.2) is 0 Å². The first-order chi connectivity index (χ1) is 12.9. The van der Waals surface area contributed by atoms with Gasteiger partial charge in [0.2, 0.25) is 0 Å². The summed E-state index contributed by atoms with van der Waals surface area (Å²) in [5.41, 5.74) is 2.33. The van der Waals surface area contributed by atoms with Gasteiger partial charge in [-0.3, -0.25) is 14.8 Å². The third kappa shape index (κ3) is 4.35. The number of rotatable bonds is 7. The highest BCUT2D eigenvalue weighted by molar-refractivity contribution is 7.92. The lowest BCUT2D eigenvalue weighted by atomic mass is 10.1. The number of anilines is 1. The van der Waals surface area contributed by atoms with Gasteiger partial charge in [0.1, 0.15) is 5.82 Å². The molecule has 0 saturated heterocycles. The molecule has 3 rings (SSSR count). The fraction of sp³-hybridized carbons (Fsp3) is 0.158. The summed E-state index contributed by atoms with van der Waals surface area (Å²) in [7, 11) is -3.72. The zero-order valence-electron chi connectivity index (χ0n) is 14.7. The van der Waals surface area contributed by atoms with Crippen LogP contribution in [0.3, 0.4) is 0 Å². The zero-order valence-corrected chi connectivity index (χ0v) is 15.5. The fourth-order valence-corrected chi connectivity index (χ4v) is 3.77. The summed E-state index contributed by atoms with van der Waals surface area (Å²) in [5, 5.41) is 10.9. The Bertz CT molecular complexity index is 1060. The minimum Gasteiger partial charge on any atom is -0.347 e. The molecule has 0 bridgehead atoms. The second-order valence-corrected chi connectivity index (χ2v) is 7.79. The number of nitrogens with zero attached hydrogens (tertiary/aromatic N) is 1. The van der Waals surface area contributed by atoms with Crippen molar-refractivity contribution in [3.63, 3.8) is 0 Å². The van der Waals surface area contributed by atoms with Crippen LogP contribution in [-0.2, 0) is 16.4 Å². The van der Waals surface area contributed by atoms with Crippen LogP contribution in [0.1, 0.15) is 18.9 Å². The number of benzene rings is 2. The molecule has 0 aliphatic rings. The van der Waals surface area contributed by atoms with E-state index in [4.69, 9.17) is 0 Å². The summed E-state index contributed by atoms with van der Waals surface area (Å²) in [5.74, 6) is 0.286. The predicted octanol–water partition coefficient (Wildman–Crippen LogP) is 4.34. The van der Waals surface area contributed by atoms with Crippen LogP contribution in [0.25, 0.3) is 11.1 Å². The van der Waals surface area contributed by atoms with Crippen molar-refractivity contribution in [2.75, 3.05) is 4.72 Å². The second-order valence-electron chi connectivity index (χ2n) is 6.11. The van der Waals surface area contributed by atoms with Crippen molar-refractivity contribution < 1.29 is 13.3 Å². The lowest BCUT2D eigenvalue weighted by molar-refractivity contribution is -0.384. The third-order valence-electron chi connectivity index (χ3n) is 4.09.